The summed E-state index contributed by atoms with van der Waals surface area (Å²) in [6.45, 7) is 5.53. The Hall–Kier alpha value is -3.16. The summed E-state index contributed by atoms with van der Waals surface area (Å²) in [5.74, 6) is 0.883. The van der Waals surface area contributed by atoms with Gasteiger partial charge < -0.3 is 14.4 Å². The first-order valence-corrected chi connectivity index (χ1v) is 11.6. The van der Waals surface area contributed by atoms with Crippen molar-refractivity contribution in [2.24, 2.45) is 0 Å². The molecule has 7 heteroatoms. The molecule has 2 aliphatic heterocycles. The third kappa shape index (κ3) is 4.79. The lowest BCUT2D eigenvalue weighted by Gasteiger charge is -2.29. The zero-order valence-corrected chi connectivity index (χ0v) is 19.1. The van der Waals surface area contributed by atoms with Gasteiger partial charge in [-0.05, 0) is 23.3 Å². The van der Waals surface area contributed by atoms with Crippen molar-refractivity contribution < 1.29 is 14.3 Å². The predicted molar refractivity (Wildman–Crippen MR) is 125 cm³/mol. The predicted octanol–water partition coefficient (Wildman–Crippen LogP) is 2.97. The summed E-state index contributed by atoms with van der Waals surface area (Å²) in [4.78, 5) is 17.7. The molecule has 2 aromatic carbocycles. The molecule has 0 radical (unpaired) electrons. The number of ether oxygens (including phenoxy) is 2. The number of carbonyl (C=O) groups excluding carboxylic acids is 1. The second-order valence-electron chi connectivity index (χ2n) is 8.63. The van der Waals surface area contributed by atoms with Gasteiger partial charge in [0.2, 0.25) is 0 Å². The summed E-state index contributed by atoms with van der Waals surface area (Å²) >= 11 is 0. The Kier molecular flexibility index (Phi) is 6.41. The van der Waals surface area contributed by atoms with E-state index in [9.17, 15) is 4.79 Å². The van der Waals surface area contributed by atoms with Crippen LogP contribution in [0, 0.1) is 0 Å². The molecule has 3 aromatic rings. The van der Waals surface area contributed by atoms with E-state index in [2.05, 4.69) is 29.2 Å². The van der Waals surface area contributed by atoms with Crippen molar-refractivity contribution in [1.29, 1.82) is 0 Å². The van der Waals surface area contributed by atoms with Crippen LogP contribution in [-0.2, 0) is 30.8 Å². The van der Waals surface area contributed by atoms with Crippen molar-refractivity contribution in [3.8, 4) is 5.75 Å². The maximum Gasteiger partial charge on any atom is 0.274 e. The molecule has 3 heterocycles. The van der Waals surface area contributed by atoms with Gasteiger partial charge in [0.05, 0.1) is 26.9 Å². The third-order valence-electron chi connectivity index (χ3n) is 6.43. The summed E-state index contributed by atoms with van der Waals surface area (Å²) in [6, 6.07) is 18.5. The van der Waals surface area contributed by atoms with Gasteiger partial charge >= 0.3 is 0 Å². The fourth-order valence-electron chi connectivity index (χ4n) is 4.69. The van der Waals surface area contributed by atoms with Crippen molar-refractivity contribution >= 4 is 5.91 Å². The number of rotatable bonds is 6. The van der Waals surface area contributed by atoms with E-state index >= 15 is 0 Å². The number of amides is 1. The van der Waals surface area contributed by atoms with Crippen LogP contribution in [0.3, 0.4) is 0 Å². The van der Waals surface area contributed by atoms with E-state index in [0.29, 0.717) is 45.1 Å². The molecule has 0 atom stereocenters. The quantitative estimate of drug-likeness (QED) is 0.583. The molecule has 0 spiro atoms. The minimum atomic E-state index is 0.0181. The van der Waals surface area contributed by atoms with Gasteiger partial charge in [0.15, 0.2) is 5.69 Å². The molecule has 7 nitrogen and oxygen atoms in total. The van der Waals surface area contributed by atoms with Crippen molar-refractivity contribution in [2.75, 3.05) is 40.0 Å². The van der Waals surface area contributed by atoms with E-state index in [0.717, 1.165) is 30.8 Å². The molecule has 33 heavy (non-hydrogen) atoms. The van der Waals surface area contributed by atoms with Gasteiger partial charge in [0.1, 0.15) is 5.75 Å². The molecule has 1 amide bonds. The van der Waals surface area contributed by atoms with E-state index in [1.807, 2.05) is 39.9 Å². The van der Waals surface area contributed by atoms with Crippen LogP contribution in [0.1, 0.15) is 32.9 Å². The molecule has 0 saturated carbocycles. The number of morpholine rings is 1. The Labute approximate surface area is 194 Å². The van der Waals surface area contributed by atoms with Gasteiger partial charge in [0, 0.05) is 50.4 Å². The van der Waals surface area contributed by atoms with Gasteiger partial charge in [-0.1, -0.05) is 42.5 Å². The van der Waals surface area contributed by atoms with E-state index in [-0.39, 0.29) is 5.91 Å². The van der Waals surface area contributed by atoms with E-state index in [4.69, 9.17) is 14.6 Å². The van der Waals surface area contributed by atoms with Gasteiger partial charge in [0.25, 0.3) is 5.91 Å². The Morgan fingerprint density at radius 1 is 1.00 bits per heavy atom. The normalized spacial score (nSPS) is 16.5. The number of carbonyl (C=O) groups is 1. The Bertz CT molecular complexity index is 1110. The first-order chi connectivity index (χ1) is 16.2. The van der Waals surface area contributed by atoms with Crippen LogP contribution in [-0.4, -0.2) is 65.4 Å². The van der Waals surface area contributed by atoms with E-state index < -0.39 is 0 Å². The van der Waals surface area contributed by atoms with Crippen LogP contribution in [0.5, 0.6) is 5.75 Å². The molecule has 5 rings (SSSR count). The minimum Gasteiger partial charge on any atom is -0.497 e. The number of aromatic nitrogens is 2. The van der Waals surface area contributed by atoms with Gasteiger partial charge in [-0.25, -0.2) is 0 Å². The molecular formula is C26H30N4O3. The first-order valence-electron chi connectivity index (χ1n) is 11.6. The van der Waals surface area contributed by atoms with Gasteiger partial charge in [-0.3, -0.25) is 14.4 Å². The summed E-state index contributed by atoms with van der Waals surface area (Å²) < 4.78 is 12.9. The standard InChI is InChI=1S/C26H30N4O3/c1-32-22-9-5-8-21(16-22)17-28-11-10-24-23(19-28)25(26(31)29-12-14-33-15-13-29)27-30(24)18-20-6-3-2-4-7-20/h2-9,16H,10-15,17-19H2,1H3. The number of methoxy groups -OCH3 is 1. The topological polar surface area (TPSA) is 59.8 Å². The van der Waals surface area contributed by atoms with Crippen molar-refractivity contribution in [1.82, 2.24) is 19.6 Å². The zero-order chi connectivity index (χ0) is 22.6. The van der Waals surface area contributed by atoms with Crippen molar-refractivity contribution in [3.63, 3.8) is 0 Å². The van der Waals surface area contributed by atoms with Crippen LogP contribution in [0.15, 0.2) is 54.6 Å². The molecule has 1 fully saturated rings. The van der Waals surface area contributed by atoms with E-state index in [1.54, 1.807) is 7.11 Å². The van der Waals surface area contributed by atoms with Crippen LogP contribution in [0.2, 0.25) is 0 Å². The number of hydrogen-bond donors (Lipinski definition) is 0. The van der Waals surface area contributed by atoms with Crippen LogP contribution in [0.25, 0.3) is 0 Å². The Morgan fingerprint density at radius 2 is 1.79 bits per heavy atom. The highest BCUT2D eigenvalue weighted by Gasteiger charge is 2.31. The zero-order valence-electron chi connectivity index (χ0n) is 19.1. The molecule has 172 valence electrons. The van der Waals surface area contributed by atoms with Crippen LogP contribution in [0.4, 0.5) is 0 Å². The van der Waals surface area contributed by atoms with Crippen molar-refractivity contribution in [2.45, 2.75) is 26.1 Å². The second kappa shape index (κ2) is 9.77. The summed E-state index contributed by atoms with van der Waals surface area (Å²) in [5, 5.41) is 4.87. The van der Waals surface area contributed by atoms with Crippen molar-refractivity contribution in [3.05, 3.63) is 82.7 Å². The van der Waals surface area contributed by atoms with Crippen LogP contribution >= 0.6 is 0 Å². The number of fused-ring (bicyclic) bond motifs is 1. The monoisotopic (exact) mass is 446 g/mol. The molecule has 0 bridgehead atoms. The van der Waals surface area contributed by atoms with Gasteiger partial charge in [-0.2, -0.15) is 5.10 Å². The average molecular weight is 447 g/mol. The Morgan fingerprint density at radius 3 is 2.58 bits per heavy atom. The number of benzene rings is 2. The summed E-state index contributed by atoms with van der Waals surface area (Å²) in [5.41, 5.74) is 5.23. The lowest BCUT2D eigenvalue weighted by molar-refractivity contribution is 0.0297. The maximum atomic E-state index is 13.4. The van der Waals surface area contributed by atoms with Crippen LogP contribution < -0.4 is 4.74 Å². The number of hydrogen-bond acceptors (Lipinski definition) is 5. The molecule has 0 aliphatic carbocycles. The van der Waals surface area contributed by atoms with E-state index in [1.165, 1.54) is 16.8 Å². The number of nitrogens with zero attached hydrogens (tertiary/aromatic N) is 4. The van der Waals surface area contributed by atoms with Gasteiger partial charge in [-0.15, -0.1) is 0 Å². The molecule has 1 aromatic heterocycles. The Balaban J connectivity index is 1.43. The fourth-order valence-corrected chi connectivity index (χ4v) is 4.69. The second-order valence-corrected chi connectivity index (χ2v) is 8.63. The largest absolute Gasteiger partial charge is 0.497 e. The highest BCUT2D eigenvalue weighted by molar-refractivity contribution is 5.94. The SMILES string of the molecule is COc1cccc(CN2CCc3c(c(C(=O)N4CCOCC4)nn3Cc3ccccc3)C2)c1. The maximum absolute atomic E-state index is 13.4. The average Bonchev–Trinajstić information content (AvgIpc) is 3.22. The molecule has 0 unspecified atom stereocenters. The summed E-state index contributed by atoms with van der Waals surface area (Å²) in [6.07, 6.45) is 0.871. The minimum absolute atomic E-state index is 0.0181. The lowest BCUT2D eigenvalue weighted by atomic mass is 10.0. The summed E-state index contributed by atoms with van der Waals surface area (Å²) in [7, 11) is 1.69. The first kappa shape index (κ1) is 21.7. The fraction of sp³-hybridized carbons (Fsp3) is 0.385. The lowest BCUT2D eigenvalue weighted by Crippen LogP contribution is -2.41. The smallest absolute Gasteiger partial charge is 0.274 e. The molecule has 0 N–H and O–H groups in total. The highest BCUT2D eigenvalue weighted by Crippen LogP contribution is 2.26. The third-order valence-corrected chi connectivity index (χ3v) is 6.43. The molecule has 1 saturated heterocycles. The molecular weight excluding hydrogens is 416 g/mol. The highest BCUT2D eigenvalue weighted by atomic mass is 16.5. The molecule has 2 aliphatic rings.